The van der Waals surface area contributed by atoms with Crippen LogP contribution < -0.4 is 0 Å². The Labute approximate surface area is 372 Å². The van der Waals surface area contributed by atoms with Crippen molar-refractivity contribution >= 4 is 75.3 Å². The van der Waals surface area contributed by atoms with Crippen LogP contribution >= 0.6 is 11.3 Å². The maximum absolute atomic E-state index is 9.04. The van der Waals surface area contributed by atoms with Crippen LogP contribution in [0.15, 0.2) is 211 Å². The molecule has 9 aromatic carbocycles. The van der Waals surface area contributed by atoms with Crippen LogP contribution in [0, 0.1) is 0 Å². The smallest absolute Gasteiger partial charge is 0.167 e. The van der Waals surface area contributed by atoms with Crippen LogP contribution in [0.4, 0.5) is 0 Å². The molecule has 294 valence electrons. The molecule has 0 radical (unpaired) electrons. The van der Waals surface area contributed by atoms with Gasteiger partial charge in [0.15, 0.2) is 17.5 Å². The summed E-state index contributed by atoms with van der Waals surface area (Å²) in [7, 11) is 0. The summed E-state index contributed by atoms with van der Waals surface area (Å²) in [5.41, 5.74) is 9.49. The van der Waals surface area contributed by atoms with E-state index in [-0.39, 0.29) is 23.0 Å². The Kier molecular flexibility index (Phi) is 6.94. The maximum atomic E-state index is 9.04. The van der Waals surface area contributed by atoms with Crippen LogP contribution in [0.1, 0.15) is 6.85 Å². The molecule has 4 heterocycles. The molecule has 13 rings (SSSR count). The van der Waals surface area contributed by atoms with Gasteiger partial charge >= 0.3 is 0 Å². The molecule has 0 fully saturated rings. The maximum Gasteiger partial charge on any atom is 0.167 e. The molecule has 13 aromatic rings. The van der Waals surface area contributed by atoms with Gasteiger partial charge in [-0.25, -0.2) is 15.0 Å². The molecule has 0 unspecified atom stereocenters. The van der Waals surface area contributed by atoms with Crippen molar-refractivity contribution in [1.82, 2.24) is 19.5 Å². The normalized spacial score (nSPS) is 12.9. The first kappa shape index (κ1) is 30.8. The second-order valence-electron chi connectivity index (χ2n) is 15.6. The van der Waals surface area contributed by atoms with E-state index in [1.54, 1.807) is 11.3 Å². The third kappa shape index (κ3) is 5.87. The van der Waals surface area contributed by atoms with Crippen molar-refractivity contribution in [3.63, 3.8) is 0 Å². The molecule has 0 amide bonds. The van der Waals surface area contributed by atoms with Gasteiger partial charge in [-0.05, 0) is 76.9 Å². The Morgan fingerprint density at radius 2 is 1.03 bits per heavy atom. The minimum Gasteiger partial charge on any atom is -0.455 e. The van der Waals surface area contributed by atoms with Gasteiger partial charge in [0, 0.05) is 58.5 Å². The second kappa shape index (κ2) is 14.2. The van der Waals surface area contributed by atoms with Crippen molar-refractivity contribution in [1.29, 1.82) is 0 Å². The van der Waals surface area contributed by atoms with Gasteiger partial charge < -0.3 is 8.98 Å². The minimum absolute atomic E-state index is 0.0504. The SMILES string of the molecule is [2H]c1c([2H])c([2H])c(-c2nc(-c3ccc4c(c3)sc3ccccc34)nc(-c3cc(-n4c5ccccc5c5ccccc54)cc4c3oc3ccc(-c5cccc(-c6ccccc6)c5)cc34)n2)c([2H])c1[2H]. The lowest BCUT2D eigenvalue weighted by Crippen LogP contribution is -2.01. The molecule has 63 heavy (non-hydrogen) atoms. The van der Waals surface area contributed by atoms with Gasteiger partial charge in [-0.15, -0.1) is 11.3 Å². The van der Waals surface area contributed by atoms with E-state index in [4.69, 9.17) is 26.2 Å². The topological polar surface area (TPSA) is 56.7 Å². The highest BCUT2D eigenvalue weighted by Crippen LogP contribution is 2.42. The summed E-state index contributed by atoms with van der Waals surface area (Å²) in [5, 5.41) is 6.17. The van der Waals surface area contributed by atoms with E-state index in [0.717, 1.165) is 80.7 Å². The number of rotatable bonds is 6. The highest BCUT2D eigenvalue weighted by atomic mass is 32.1. The molecule has 0 aliphatic heterocycles. The predicted octanol–water partition coefficient (Wildman–Crippen LogP) is 15.6. The van der Waals surface area contributed by atoms with E-state index in [1.807, 2.05) is 66.7 Å². The number of nitrogens with zero attached hydrogens (tertiary/aromatic N) is 4. The first-order valence-corrected chi connectivity index (χ1v) is 21.5. The zero-order valence-corrected chi connectivity index (χ0v) is 34.2. The molecule has 4 aromatic heterocycles. The van der Waals surface area contributed by atoms with Gasteiger partial charge in [0.2, 0.25) is 0 Å². The van der Waals surface area contributed by atoms with Gasteiger partial charge in [-0.2, -0.15) is 0 Å². The summed E-state index contributed by atoms with van der Waals surface area (Å²) < 4.78 is 55.0. The lowest BCUT2D eigenvalue weighted by atomic mass is 9.97. The van der Waals surface area contributed by atoms with Gasteiger partial charge in [0.05, 0.1) is 23.5 Å². The number of hydrogen-bond acceptors (Lipinski definition) is 5. The third-order valence-corrected chi connectivity index (χ3v) is 13.1. The number of hydrogen-bond donors (Lipinski definition) is 0. The average molecular weight is 828 g/mol. The molecule has 0 aliphatic carbocycles. The zero-order chi connectivity index (χ0) is 45.8. The number of furan rings is 1. The molecule has 0 spiro atoms. The van der Waals surface area contributed by atoms with Crippen LogP contribution in [0.25, 0.3) is 126 Å². The zero-order valence-electron chi connectivity index (χ0n) is 38.3. The summed E-state index contributed by atoms with van der Waals surface area (Å²) in [5.74, 6) is 0.449. The standard InChI is InChI=1S/C57H34N4OS/c1-3-14-35(15-4-1)37-18-13-19-38(30-37)39-27-29-51-46(31-39)47-33-41(61-49-23-10-7-20-42(49)43-21-8-11-24-50(43)61)34-48(54(47)62-51)57-59-55(36-16-5-2-6-17-36)58-56(60-57)40-26-28-45-44-22-9-12-25-52(44)63-53(45)32-40/h1-34H/i2D,5D,6D,16D,17D. The first-order chi connectivity index (χ1) is 33.3. The molecular weight excluding hydrogens is 789 g/mol. The monoisotopic (exact) mass is 827 g/mol. The predicted molar refractivity (Wildman–Crippen MR) is 262 cm³/mol. The van der Waals surface area contributed by atoms with Crippen molar-refractivity contribution in [3.05, 3.63) is 206 Å². The lowest BCUT2D eigenvalue weighted by Gasteiger charge is -2.12. The molecule has 0 saturated heterocycles. The van der Waals surface area contributed by atoms with E-state index < -0.39 is 30.2 Å². The summed E-state index contributed by atoms with van der Waals surface area (Å²) in [6.07, 6.45) is 0. The molecule has 0 N–H and O–H groups in total. The van der Waals surface area contributed by atoms with Crippen LogP contribution in [-0.4, -0.2) is 19.5 Å². The van der Waals surface area contributed by atoms with Crippen molar-refractivity contribution in [2.24, 2.45) is 0 Å². The fraction of sp³-hybridized carbons (Fsp3) is 0. The molecular formula is C57H34N4OS. The number of benzene rings is 9. The Hall–Kier alpha value is -8.19. The fourth-order valence-corrected chi connectivity index (χ4v) is 10.2. The van der Waals surface area contributed by atoms with Crippen molar-refractivity contribution in [3.8, 4) is 62.1 Å². The van der Waals surface area contributed by atoms with Gasteiger partial charge in [0.25, 0.3) is 0 Å². The van der Waals surface area contributed by atoms with Crippen LogP contribution in [0.2, 0.25) is 0 Å². The summed E-state index contributed by atoms with van der Waals surface area (Å²) in [6, 6.07) is 58.0. The number of thiophene rings is 1. The molecule has 0 bridgehead atoms. The van der Waals surface area contributed by atoms with Crippen molar-refractivity contribution in [2.45, 2.75) is 0 Å². The molecule has 0 aliphatic rings. The Bertz CT molecular complexity index is 4150. The minimum atomic E-state index is -0.498. The van der Waals surface area contributed by atoms with E-state index in [0.29, 0.717) is 22.3 Å². The summed E-state index contributed by atoms with van der Waals surface area (Å²) in [6.45, 7) is 0. The average Bonchev–Trinajstić information content (AvgIpc) is 4.06. The second-order valence-corrected chi connectivity index (χ2v) is 16.7. The number of fused-ring (bicyclic) bond motifs is 9. The quantitative estimate of drug-likeness (QED) is 0.168. The van der Waals surface area contributed by atoms with Gasteiger partial charge in [-0.3, -0.25) is 0 Å². The van der Waals surface area contributed by atoms with E-state index in [2.05, 4.69) is 114 Å². The highest BCUT2D eigenvalue weighted by molar-refractivity contribution is 7.25. The number of aromatic nitrogens is 4. The Morgan fingerprint density at radius 3 is 1.83 bits per heavy atom. The number of para-hydroxylation sites is 2. The van der Waals surface area contributed by atoms with Crippen LogP contribution in [0.3, 0.4) is 0 Å². The van der Waals surface area contributed by atoms with E-state index in [9.17, 15) is 0 Å². The third-order valence-electron chi connectivity index (χ3n) is 11.9. The molecule has 5 nitrogen and oxygen atoms in total. The lowest BCUT2D eigenvalue weighted by molar-refractivity contribution is 0.669. The summed E-state index contributed by atoms with van der Waals surface area (Å²) >= 11 is 1.67. The molecule has 0 saturated carbocycles. The van der Waals surface area contributed by atoms with Gasteiger partial charge in [0.1, 0.15) is 11.2 Å². The van der Waals surface area contributed by atoms with Crippen molar-refractivity contribution in [2.75, 3.05) is 0 Å². The Balaban J connectivity index is 1.10. The van der Waals surface area contributed by atoms with Crippen LogP contribution in [-0.2, 0) is 0 Å². The Morgan fingerprint density at radius 1 is 0.413 bits per heavy atom. The molecule has 6 heteroatoms. The van der Waals surface area contributed by atoms with E-state index in [1.165, 1.54) is 0 Å². The molecule has 0 atom stereocenters. The van der Waals surface area contributed by atoms with E-state index >= 15 is 0 Å². The highest BCUT2D eigenvalue weighted by Gasteiger charge is 2.22. The summed E-state index contributed by atoms with van der Waals surface area (Å²) in [4.78, 5) is 15.2. The first-order valence-electron chi connectivity index (χ1n) is 23.2. The fourth-order valence-electron chi connectivity index (χ4n) is 9.01. The van der Waals surface area contributed by atoms with Crippen molar-refractivity contribution < 1.29 is 11.3 Å². The van der Waals surface area contributed by atoms with Crippen LogP contribution in [0.5, 0.6) is 0 Å². The van der Waals surface area contributed by atoms with Gasteiger partial charge in [-0.1, -0.05) is 152 Å². The largest absolute Gasteiger partial charge is 0.455 e.